The van der Waals surface area contributed by atoms with Crippen LogP contribution in [0.2, 0.25) is 0 Å². The first-order chi connectivity index (χ1) is 11.6. The smallest absolute Gasteiger partial charge is 0.329 e. The highest BCUT2D eigenvalue weighted by molar-refractivity contribution is 6.40. The molecule has 0 radical (unpaired) electrons. The largest absolute Gasteiger partial charge is 0.458 e. The summed E-state index contributed by atoms with van der Waals surface area (Å²) < 4.78 is 5.35. The first-order valence-electron chi connectivity index (χ1n) is 8.64. The van der Waals surface area contributed by atoms with E-state index in [1.807, 2.05) is 6.92 Å². The molecule has 0 bridgehead atoms. The van der Waals surface area contributed by atoms with Crippen LogP contribution in [0.5, 0.6) is 0 Å². The normalized spacial score (nSPS) is 18.6. The molecule has 0 aliphatic carbocycles. The van der Waals surface area contributed by atoms with Crippen LogP contribution in [0.3, 0.4) is 0 Å². The summed E-state index contributed by atoms with van der Waals surface area (Å²) in [5.41, 5.74) is 0.603. The molecule has 2 amide bonds. The second kappa shape index (κ2) is 8.94. The van der Waals surface area contributed by atoms with Gasteiger partial charge in [0.15, 0.2) is 0 Å². The maximum absolute atomic E-state index is 12.8. The number of hydrogen-bond donors (Lipinski definition) is 2. The third kappa shape index (κ3) is 5.81. The van der Waals surface area contributed by atoms with E-state index in [2.05, 4.69) is 0 Å². The van der Waals surface area contributed by atoms with Crippen LogP contribution >= 0.6 is 0 Å². The monoisotopic (exact) mass is 356 g/mol. The predicted octanol–water partition coefficient (Wildman–Crippen LogP) is 1.20. The van der Waals surface area contributed by atoms with Gasteiger partial charge in [-0.1, -0.05) is 19.8 Å². The van der Waals surface area contributed by atoms with E-state index in [1.54, 1.807) is 20.8 Å². The zero-order valence-electron chi connectivity index (χ0n) is 15.3. The minimum atomic E-state index is -1.22. The van der Waals surface area contributed by atoms with Crippen molar-refractivity contribution in [3.8, 4) is 0 Å². The number of unbranched alkanes of at least 4 members (excludes halogenated alkanes) is 1. The van der Waals surface area contributed by atoms with Gasteiger partial charge >= 0.3 is 11.9 Å². The second-order valence-corrected chi connectivity index (χ2v) is 7.22. The summed E-state index contributed by atoms with van der Waals surface area (Å²) in [5.74, 6) is -4.48. The maximum atomic E-state index is 12.8. The number of ketones is 1. The number of carbonyl (C=O) groups excluding carboxylic acids is 4. The molecule has 0 spiro atoms. The third-order valence-electron chi connectivity index (χ3n) is 4.00. The molecule has 1 heterocycles. The fourth-order valence-electron chi connectivity index (χ4n) is 2.83. The molecule has 2 atom stereocenters. The molecule has 8 heteroatoms. The number of carbonyl (C=O) groups is 4. The zero-order valence-corrected chi connectivity index (χ0v) is 15.3. The Morgan fingerprint density at radius 2 is 1.92 bits per heavy atom. The molecule has 1 fully saturated rings. The summed E-state index contributed by atoms with van der Waals surface area (Å²) >= 11 is 0. The van der Waals surface area contributed by atoms with E-state index >= 15 is 0 Å². The van der Waals surface area contributed by atoms with Crippen molar-refractivity contribution in [1.82, 2.24) is 10.4 Å². The van der Waals surface area contributed by atoms with Gasteiger partial charge in [0.1, 0.15) is 17.6 Å². The van der Waals surface area contributed by atoms with Crippen molar-refractivity contribution in [2.75, 3.05) is 6.54 Å². The molecule has 1 rings (SSSR count). The average molecular weight is 356 g/mol. The van der Waals surface area contributed by atoms with E-state index in [4.69, 9.17) is 9.94 Å². The molecule has 0 aromatic carbocycles. The first-order valence-corrected chi connectivity index (χ1v) is 8.64. The number of hydroxylamine groups is 1. The van der Waals surface area contributed by atoms with Gasteiger partial charge in [-0.25, -0.2) is 10.3 Å². The van der Waals surface area contributed by atoms with Crippen molar-refractivity contribution in [2.45, 2.75) is 71.4 Å². The lowest BCUT2D eigenvalue weighted by Gasteiger charge is -2.29. The van der Waals surface area contributed by atoms with Crippen LogP contribution in [0.4, 0.5) is 0 Å². The van der Waals surface area contributed by atoms with Gasteiger partial charge in [-0.3, -0.25) is 19.6 Å². The topological polar surface area (TPSA) is 113 Å². The molecule has 8 nitrogen and oxygen atoms in total. The summed E-state index contributed by atoms with van der Waals surface area (Å²) in [5, 5.41) is 8.68. The van der Waals surface area contributed by atoms with Gasteiger partial charge in [-0.2, -0.15) is 0 Å². The van der Waals surface area contributed by atoms with E-state index in [9.17, 15) is 19.2 Å². The Balaban J connectivity index is 2.95. The van der Waals surface area contributed by atoms with Crippen molar-refractivity contribution < 1.29 is 29.1 Å². The van der Waals surface area contributed by atoms with Crippen molar-refractivity contribution in [3.05, 3.63) is 0 Å². The molecule has 2 N–H and O–H groups in total. The SMILES string of the molecule is CCCC[C@@H](C(=O)C(=O)NO)C(=O)N1CCC[C@H]1C(=O)OC(C)(C)C. The van der Waals surface area contributed by atoms with Gasteiger partial charge in [0, 0.05) is 6.54 Å². The molecule has 0 saturated carbocycles. The fraction of sp³-hybridized carbons (Fsp3) is 0.765. The van der Waals surface area contributed by atoms with Crippen molar-refractivity contribution in [1.29, 1.82) is 0 Å². The number of hydrogen-bond acceptors (Lipinski definition) is 6. The van der Waals surface area contributed by atoms with E-state index in [0.717, 1.165) is 6.42 Å². The Morgan fingerprint density at radius 3 is 2.44 bits per heavy atom. The molecule has 0 aromatic rings. The van der Waals surface area contributed by atoms with Gasteiger partial charge in [-0.15, -0.1) is 0 Å². The average Bonchev–Trinajstić information content (AvgIpc) is 3.02. The van der Waals surface area contributed by atoms with Gasteiger partial charge in [0.2, 0.25) is 11.7 Å². The van der Waals surface area contributed by atoms with Crippen molar-refractivity contribution in [3.63, 3.8) is 0 Å². The maximum Gasteiger partial charge on any atom is 0.329 e. The highest BCUT2D eigenvalue weighted by atomic mass is 16.6. The molecule has 1 saturated heterocycles. The second-order valence-electron chi connectivity index (χ2n) is 7.22. The number of nitrogens with one attached hydrogen (secondary N) is 1. The number of nitrogens with zero attached hydrogens (tertiary/aromatic N) is 1. The third-order valence-corrected chi connectivity index (χ3v) is 4.00. The van der Waals surface area contributed by atoms with E-state index < -0.39 is 41.1 Å². The number of Topliss-reactive ketones (excluding diaryl/α,β-unsaturated/α-hetero) is 1. The standard InChI is InChI=1S/C17H28N2O6/c1-5-6-8-11(13(20)14(21)18-24)15(22)19-10-7-9-12(19)16(23)25-17(2,3)4/h11-12,24H,5-10H2,1-4H3,(H,18,21)/t11-,12-/m0/s1. The lowest BCUT2D eigenvalue weighted by Crippen LogP contribution is -2.49. The lowest BCUT2D eigenvalue weighted by atomic mass is 9.95. The Kier molecular flexibility index (Phi) is 7.54. The minimum absolute atomic E-state index is 0.194. The highest BCUT2D eigenvalue weighted by Crippen LogP contribution is 2.25. The summed E-state index contributed by atoms with van der Waals surface area (Å²) in [6, 6.07) is -0.749. The molecular weight excluding hydrogens is 328 g/mol. The van der Waals surface area contributed by atoms with Crippen LogP contribution in [0.15, 0.2) is 0 Å². The summed E-state index contributed by atoms with van der Waals surface area (Å²) in [7, 11) is 0. The van der Waals surface area contributed by atoms with E-state index in [1.165, 1.54) is 10.4 Å². The summed E-state index contributed by atoms with van der Waals surface area (Å²) in [4.78, 5) is 50.1. The minimum Gasteiger partial charge on any atom is -0.458 e. The highest BCUT2D eigenvalue weighted by Gasteiger charge is 2.42. The molecular formula is C17H28N2O6. The lowest BCUT2D eigenvalue weighted by molar-refractivity contribution is -0.165. The van der Waals surface area contributed by atoms with Crippen LogP contribution in [0.25, 0.3) is 0 Å². The molecule has 1 aliphatic rings. The van der Waals surface area contributed by atoms with Gasteiger partial charge in [-0.05, 0) is 40.0 Å². The number of esters is 1. The van der Waals surface area contributed by atoms with Gasteiger partial charge < -0.3 is 9.64 Å². The van der Waals surface area contributed by atoms with Crippen LogP contribution in [-0.2, 0) is 23.9 Å². The molecule has 142 valence electrons. The van der Waals surface area contributed by atoms with Crippen LogP contribution in [0, 0.1) is 5.92 Å². The van der Waals surface area contributed by atoms with Crippen molar-refractivity contribution in [2.24, 2.45) is 5.92 Å². The number of likely N-dealkylation sites (tertiary alicyclic amines) is 1. The Hall–Kier alpha value is -1.96. The van der Waals surface area contributed by atoms with Crippen LogP contribution < -0.4 is 5.48 Å². The molecule has 25 heavy (non-hydrogen) atoms. The van der Waals surface area contributed by atoms with Crippen molar-refractivity contribution >= 4 is 23.6 Å². The molecule has 0 aromatic heterocycles. The van der Waals surface area contributed by atoms with Gasteiger partial charge in [0.25, 0.3) is 0 Å². The Bertz CT molecular complexity index is 526. The number of ether oxygens (including phenoxy) is 1. The Labute approximate surface area is 147 Å². The molecule has 1 aliphatic heterocycles. The quantitative estimate of drug-likeness (QED) is 0.233. The number of rotatable bonds is 7. The van der Waals surface area contributed by atoms with Crippen LogP contribution in [0.1, 0.15) is 59.8 Å². The van der Waals surface area contributed by atoms with Gasteiger partial charge in [0.05, 0.1) is 0 Å². The molecule has 0 unspecified atom stereocenters. The number of amides is 2. The predicted molar refractivity (Wildman–Crippen MR) is 88.5 cm³/mol. The van der Waals surface area contributed by atoms with E-state index in [-0.39, 0.29) is 6.42 Å². The summed E-state index contributed by atoms with van der Waals surface area (Å²) in [6.07, 6.45) is 2.59. The first kappa shape index (κ1) is 21.1. The summed E-state index contributed by atoms with van der Waals surface area (Å²) in [6.45, 7) is 7.46. The van der Waals surface area contributed by atoms with Crippen LogP contribution in [-0.4, -0.2) is 51.9 Å². The Morgan fingerprint density at radius 1 is 1.28 bits per heavy atom. The zero-order chi connectivity index (χ0) is 19.2. The van der Waals surface area contributed by atoms with E-state index in [0.29, 0.717) is 25.8 Å². The fourth-order valence-corrected chi connectivity index (χ4v) is 2.83.